The van der Waals surface area contributed by atoms with Crippen LogP contribution in [0.5, 0.6) is 0 Å². The zero-order chi connectivity index (χ0) is 14.0. The van der Waals surface area contributed by atoms with Gasteiger partial charge in [-0.2, -0.15) is 0 Å². The Bertz CT molecular complexity index is 698. The molecule has 1 fully saturated rings. The summed E-state index contributed by atoms with van der Waals surface area (Å²) in [6, 6.07) is 14.0. The highest BCUT2D eigenvalue weighted by atomic mass is 32.2. The van der Waals surface area contributed by atoms with Crippen LogP contribution in [0, 0.1) is 6.07 Å². The van der Waals surface area contributed by atoms with E-state index >= 15 is 0 Å². The van der Waals surface area contributed by atoms with E-state index in [0.717, 1.165) is 36.5 Å². The van der Waals surface area contributed by atoms with Gasteiger partial charge in [0, 0.05) is 17.5 Å². The normalized spacial score (nSPS) is 17.4. The Morgan fingerprint density at radius 3 is 2.60 bits per heavy atom. The van der Waals surface area contributed by atoms with Crippen LogP contribution in [0.1, 0.15) is 32.1 Å². The lowest BCUT2D eigenvalue weighted by molar-refractivity contribution is 0.412. The number of sulfonamides is 1. The summed E-state index contributed by atoms with van der Waals surface area (Å²) in [5.41, 5.74) is 0. The van der Waals surface area contributed by atoms with Gasteiger partial charge in [0.1, 0.15) is 0 Å². The quantitative estimate of drug-likeness (QED) is 0.942. The lowest BCUT2D eigenvalue weighted by atomic mass is 9.96. The first-order valence-corrected chi connectivity index (χ1v) is 8.57. The molecular weight excluding hydrogens is 270 g/mol. The van der Waals surface area contributed by atoms with Crippen LogP contribution < -0.4 is 4.72 Å². The number of hydrogen-bond acceptors (Lipinski definition) is 2. The molecule has 0 aliphatic heterocycles. The Balaban J connectivity index is 1.96. The number of nitrogens with one attached hydrogen (secondary N) is 1. The third kappa shape index (κ3) is 2.72. The van der Waals surface area contributed by atoms with E-state index in [1.54, 1.807) is 6.07 Å². The number of fused-ring (bicyclic) bond motifs is 1. The Labute approximate surface area is 120 Å². The number of rotatable bonds is 3. The first kappa shape index (κ1) is 13.6. The van der Waals surface area contributed by atoms with Crippen LogP contribution in [-0.2, 0) is 10.0 Å². The van der Waals surface area contributed by atoms with Gasteiger partial charge in [-0.25, -0.2) is 13.1 Å². The second-order valence-electron chi connectivity index (χ2n) is 5.35. The molecule has 20 heavy (non-hydrogen) atoms. The number of hydrogen-bond donors (Lipinski definition) is 1. The van der Waals surface area contributed by atoms with Gasteiger partial charge in [0.2, 0.25) is 10.0 Å². The van der Waals surface area contributed by atoms with Gasteiger partial charge in [-0.3, -0.25) is 0 Å². The average molecular weight is 288 g/mol. The summed E-state index contributed by atoms with van der Waals surface area (Å²) in [6.45, 7) is 0. The topological polar surface area (TPSA) is 46.2 Å². The van der Waals surface area contributed by atoms with E-state index in [2.05, 4.69) is 10.8 Å². The van der Waals surface area contributed by atoms with E-state index in [9.17, 15) is 8.42 Å². The second-order valence-corrected chi connectivity index (χ2v) is 7.00. The van der Waals surface area contributed by atoms with Crippen LogP contribution in [-0.4, -0.2) is 14.5 Å². The predicted octanol–water partition coefficient (Wildman–Crippen LogP) is 3.25. The Morgan fingerprint density at radius 1 is 1.05 bits per heavy atom. The molecule has 1 N–H and O–H groups in total. The second kappa shape index (κ2) is 5.54. The van der Waals surface area contributed by atoms with E-state index in [0.29, 0.717) is 0 Å². The first-order chi connectivity index (χ1) is 9.67. The molecule has 105 valence electrons. The minimum atomic E-state index is -3.49. The largest absolute Gasteiger partial charge is 0.242 e. The van der Waals surface area contributed by atoms with Crippen LogP contribution in [0.3, 0.4) is 0 Å². The van der Waals surface area contributed by atoms with Gasteiger partial charge in [0.15, 0.2) is 0 Å². The highest BCUT2D eigenvalue weighted by molar-refractivity contribution is 7.89. The van der Waals surface area contributed by atoms with E-state index < -0.39 is 10.0 Å². The molecule has 1 aliphatic carbocycles. The van der Waals surface area contributed by atoms with Gasteiger partial charge >= 0.3 is 0 Å². The Kier molecular flexibility index (Phi) is 3.76. The van der Waals surface area contributed by atoms with Crippen molar-refractivity contribution in [3.63, 3.8) is 0 Å². The molecule has 0 unspecified atom stereocenters. The fourth-order valence-corrected chi connectivity index (χ4v) is 4.35. The van der Waals surface area contributed by atoms with Crippen molar-refractivity contribution in [2.24, 2.45) is 0 Å². The summed E-state index contributed by atoms with van der Waals surface area (Å²) in [7, 11) is -3.49. The summed E-state index contributed by atoms with van der Waals surface area (Å²) >= 11 is 0. The third-order valence-electron chi connectivity index (χ3n) is 3.88. The molecule has 0 saturated heterocycles. The van der Waals surface area contributed by atoms with Gasteiger partial charge in [0.25, 0.3) is 0 Å². The highest BCUT2D eigenvalue weighted by Crippen LogP contribution is 2.24. The van der Waals surface area contributed by atoms with Crippen LogP contribution >= 0.6 is 0 Å². The molecule has 0 amide bonds. The van der Waals surface area contributed by atoms with Crippen LogP contribution in [0.25, 0.3) is 10.8 Å². The molecule has 0 heterocycles. The van der Waals surface area contributed by atoms with E-state index in [1.165, 1.54) is 6.42 Å². The average Bonchev–Trinajstić information content (AvgIpc) is 2.47. The lowest BCUT2D eigenvalue weighted by Gasteiger charge is -2.22. The fourth-order valence-electron chi connectivity index (χ4n) is 2.86. The van der Waals surface area contributed by atoms with E-state index in [-0.39, 0.29) is 10.9 Å². The third-order valence-corrected chi connectivity index (χ3v) is 5.40. The maximum absolute atomic E-state index is 12.6. The molecule has 3 nitrogen and oxygen atoms in total. The molecule has 4 heteroatoms. The summed E-state index contributed by atoms with van der Waals surface area (Å²) in [5, 5.41) is 1.66. The Hall–Kier alpha value is -1.39. The van der Waals surface area contributed by atoms with Crippen molar-refractivity contribution in [1.82, 2.24) is 4.72 Å². The van der Waals surface area contributed by atoms with Crippen molar-refractivity contribution >= 4 is 20.8 Å². The molecule has 1 aliphatic rings. The minimum Gasteiger partial charge on any atom is -0.208 e. The van der Waals surface area contributed by atoms with Crippen molar-refractivity contribution in [2.45, 2.75) is 43.0 Å². The molecule has 2 aromatic rings. The smallest absolute Gasteiger partial charge is 0.208 e. The zero-order valence-electron chi connectivity index (χ0n) is 11.3. The van der Waals surface area contributed by atoms with E-state index in [4.69, 9.17) is 0 Å². The monoisotopic (exact) mass is 288 g/mol. The standard InChI is InChI=1S/C16H18NO2S/c18-20(19,17-14-9-2-1-3-10-14)16-12-6-8-13-7-4-5-11-15(13)16/h4-8,11,14,17H,1-3,9-10H2. The molecule has 1 radical (unpaired) electrons. The van der Waals surface area contributed by atoms with E-state index in [1.807, 2.05) is 30.3 Å². The molecule has 0 bridgehead atoms. The van der Waals surface area contributed by atoms with Crippen LogP contribution in [0.2, 0.25) is 0 Å². The van der Waals surface area contributed by atoms with Crippen molar-refractivity contribution in [1.29, 1.82) is 0 Å². The lowest BCUT2D eigenvalue weighted by Crippen LogP contribution is -2.36. The van der Waals surface area contributed by atoms with Crippen molar-refractivity contribution in [2.75, 3.05) is 0 Å². The van der Waals surface area contributed by atoms with Gasteiger partial charge in [-0.05, 0) is 18.2 Å². The maximum Gasteiger partial charge on any atom is 0.242 e. The predicted molar refractivity (Wildman–Crippen MR) is 80.0 cm³/mol. The minimum absolute atomic E-state index is 0.0705. The Morgan fingerprint density at radius 2 is 1.80 bits per heavy atom. The number of benzene rings is 2. The van der Waals surface area contributed by atoms with Gasteiger partial charge < -0.3 is 0 Å². The van der Waals surface area contributed by atoms with Gasteiger partial charge in [0.05, 0.1) is 4.90 Å². The fraction of sp³-hybridized carbons (Fsp3) is 0.375. The SMILES string of the molecule is O=S(=O)(NC1CCCCC1)c1[c]ccc2ccccc12. The summed E-state index contributed by atoms with van der Waals surface area (Å²) < 4.78 is 28.0. The molecule has 0 aromatic heterocycles. The van der Waals surface area contributed by atoms with Gasteiger partial charge in [-0.1, -0.05) is 55.7 Å². The van der Waals surface area contributed by atoms with Crippen LogP contribution in [0.4, 0.5) is 0 Å². The van der Waals surface area contributed by atoms with Crippen molar-refractivity contribution in [3.8, 4) is 0 Å². The van der Waals surface area contributed by atoms with Crippen molar-refractivity contribution < 1.29 is 8.42 Å². The molecule has 0 atom stereocenters. The molecular formula is C16H18NO2S. The molecule has 2 aromatic carbocycles. The summed E-state index contributed by atoms with van der Waals surface area (Å²) in [5.74, 6) is 0. The summed E-state index contributed by atoms with van der Waals surface area (Å²) in [4.78, 5) is 0.265. The summed E-state index contributed by atoms with van der Waals surface area (Å²) in [6.07, 6.45) is 5.28. The zero-order valence-corrected chi connectivity index (χ0v) is 12.1. The first-order valence-electron chi connectivity index (χ1n) is 7.08. The van der Waals surface area contributed by atoms with Crippen LogP contribution in [0.15, 0.2) is 41.3 Å². The molecule has 3 rings (SSSR count). The maximum atomic E-state index is 12.6. The van der Waals surface area contributed by atoms with Gasteiger partial charge in [-0.15, -0.1) is 0 Å². The molecule has 1 saturated carbocycles. The molecule has 0 spiro atoms. The highest BCUT2D eigenvalue weighted by Gasteiger charge is 2.23. The van der Waals surface area contributed by atoms with Crippen molar-refractivity contribution in [3.05, 3.63) is 42.5 Å².